The number of fused-ring (bicyclic) bond motifs is 1. The number of nitrogen functional groups attached to an aromatic ring is 2. The van der Waals surface area contributed by atoms with Crippen molar-refractivity contribution in [1.29, 1.82) is 10.5 Å². The van der Waals surface area contributed by atoms with Crippen LogP contribution in [0.1, 0.15) is 41.1 Å². The molecule has 6 N–H and O–H groups in total. The van der Waals surface area contributed by atoms with Gasteiger partial charge >= 0.3 is 0 Å². The first-order valence-corrected chi connectivity index (χ1v) is 9.40. The van der Waals surface area contributed by atoms with Crippen LogP contribution in [-0.2, 0) is 6.54 Å². The number of hydrogen-bond donors (Lipinski definition) is 4. The highest BCUT2D eigenvalue weighted by Crippen LogP contribution is 2.40. The number of rotatable bonds is 3. The Bertz CT molecular complexity index is 1050. The maximum Gasteiger partial charge on any atom is 0.211 e. The number of likely N-dealkylation sites (tertiary alicyclic amines) is 1. The first-order chi connectivity index (χ1) is 14.1. The van der Waals surface area contributed by atoms with Gasteiger partial charge in [0.2, 0.25) is 5.96 Å². The molecule has 0 aliphatic carbocycles. The summed E-state index contributed by atoms with van der Waals surface area (Å²) in [4.78, 5) is 11.3. The van der Waals surface area contributed by atoms with Gasteiger partial charge in [-0.3, -0.25) is 10.2 Å². The number of aromatic nitrogens is 1. The highest BCUT2D eigenvalue weighted by atomic mass is 15.2. The van der Waals surface area contributed by atoms with E-state index in [1.54, 1.807) is 0 Å². The van der Waals surface area contributed by atoms with Gasteiger partial charge in [-0.05, 0) is 37.1 Å². The summed E-state index contributed by atoms with van der Waals surface area (Å²) in [6.45, 7) is 3.09. The van der Waals surface area contributed by atoms with Gasteiger partial charge in [-0.2, -0.15) is 10.5 Å². The summed E-state index contributed by atoms with van der Waals surface area (Å²) in [7, 11) is 0. The number of aliphatic imine (C=N–C) groups is 1. The lowest BCUT2D eigenvalue weighted by atomic mass is 9.94. The molecule has 9 heteroatoms. The summed E-state index contributed by atoms with van der Waals surface area (Å²) >= 11 is 0. The molecule has 1 aromatic heterocycles. The van der Waals surface area contributed by atoms with Crippen LogP contribution in [-0.4, -0.2) is 28.9 Å². The number of anilines is 3. The summed E-state index contributed by atoms with van der Waals surface area (Å²) in [6, 6.07) is 9.63. The Kier molecular flexibility index (Phi) is 4.90. The van der Waals surface area contributed by atoms with Gasteiger partial charge in [-0.1, -0.05) is 24.3 Å². The second-order valence-corrected chi connectivity index (χ2v) is 7.13. The van der Waals surface area contributed by atoms with Crippen molar-refractivity contribution in [3.8, 4) is 12.3 Å². The number of pyridine rings is 1. The van der Waals surface area contributed by atoms with Crippen molar-refractivity contribution in [3.63, 3.8) is 0 Å². The highest BCUT2D eigenvalue weighted by Gasteiger charge is 2.29. The molecule has 0 radical (unpaired) electrons. The zero-order valence-corrected chi connectivity index (χ0v) is 15.8. The highest BCUT2D eigenvalue weighted by molar-refractivity contribution is 5.98. The second kappa shape index (κ2) is 7.66. The average molecular weight is 387 g/mol. The monoisotopic (exact) mass is 387 g/mol. The molecule has 1 aromatic carbocycles. The maximum atomic E-state index is 9.43. The Labute approximate surface area is 168 Å². The average Bonchev–Trinajstić information content (AvgIpc) is 3.21. The fraction of sp³-hybridized carbons (Fsp3) is 0.300. The van der Waals surface area contributed by atoms with Crippen LogP contribution in [0.15, 0.2) is 29.3 Å². The topological polar surface area (TPSA) is 152 Å². The molecule has 9 nitrogen and oxygen atoms in total. The fourth-order valence-corrected chi connectivity index (χ4v) is 3.88. The maximum absolute atomic E-state index is 9.43. The summed E-state index contributed by atoms with van der Waals surface area (Å²) in [6.07, 6.45) is 4.32. The molecule has 0 saturated carbocycles. The fourth-order valence-electron chi connectivity index (χ4n) is 3.88. The minimum atomic E-state index is -0.513. The molecule has 0 spiro atoms. The number of nitrogens with two attached hydrogens (primary N) is 2. The lowest BCUT2D eigenvalue weighted by molar-refractivity contribution is 0.331. The SMILES string of the molecule is N#CNC1=NC(c2cccc(CN3CCCC3)c2)c2c(nc(N)c(C#N)c2N)N1. The molecule has 3 heterocycles. The van der Waals surface area contributed by atoms with E-state index >= 15 is 0 Å². The van der Waals surface area contributed by atoms with Crippen LogP contribution in [0, 0.1) is 22.8 Å². The van der Waals surface area contributed by atoms with E-state index < -0.39 is 6.04 Å². The molecule has 4 rings (SSSR count). The second-order valence-electron chi connectivity index (χ2n) is 7.13. The molecule has 2 aliphatic rings. The molecule has 2 aromatic rings. The zero-order valence-electron chi connectivity index (χ0n) is 15.8. The molecule has 1 atom stereocenters. The first-order valence-electron chi connectivity index (χ1n) is 9.40. The third-order valence-corrected chi connectivity index (χ3v) is 5.23. The number of nitrogens with one attached hydrogen (secondary N) is 2. The zero-order chi connectivity index (χ0) is 20.4. The third-order valence-electron chi connectivity index (χ3n) is 5.23. The van der Waals surface area contributed by atoms with Crippen LogP contribution in [0.3, 0.4) is 0 Å². The molecular weight excluding hydrogens is 366 g/mol. The van der Waals surface area contributed by atoms with Gasteiger partial charge in [-0.15, -0.1) is 0 Å². The van der Waals surface area contributed by atoms with Crippen LogP contribution >= 0.6 is 0 Å². The number of hydrogen-bond acceptors (Lipinski definition) is 9. The van der Waals surface area contributed by atoms with Crippen molar-refractivity contribution in [3.05, 3.63) is 46.5 Å². The van der Waals surface area contributed by atoms with Crippen molar-refractivity contribution in [1.82, 2.24) is 15.2 Å². The third kappa shape index (κ3) is 3.51. The van der Waals surface area contributed by atoms with Gasteiger partial charge < -0.3 is 16.8 Å². The Morgan fingerprint density at radius 1 is 1.24 bits per heavy atom. The van der Waals surface area contributed by atoms with Gasteiger partial charge in [0.1, 0.15) is 29.3 Å². The molecule has 29 heavy (non-hydrogen) atoms. The van der Waals surface area contributed by atoms with Crippen molar-refractivity contribution in [2.45, 2.75) is 25.4 Å². The molecule has 1 unspecified atom stereocenters. The molecule has 1 saturated heterocycles. The van der Waals surface area contributed by atoms with Gasteiger partial charge in [0, 0.05) is 12.1 Å². The Morgan fingerprint density at radius 2 is 2.03 bits per heavy atom. The standard InChI is InChI=1S/C20H21N9/c21-9-14-16(23)15-17(26-20(25-11-22)28-19(15)27-18(14)24)13-5-3-4-12(8-13)10-29-6-1-2-7-29/h3-5,8,17H,1-2,6-7,10H2,(H6,23,24,25,26,27,28). The van der Waals surface area contributed by atoms with Crippen LogP contribution in [0.25, 0.3) is 0 Å². The molecule has 2 aliphatic heterocycles. The largest absolute Gasteiger partial charge is 0.397 e. The van der Waals surface area contributed by atoms with Crippen molar-refractivity contribution >= 4 is 23.3 Å². The predicted molar refractivity (Wildman–Crippen MR) is 110 cm³/mol. The van der Waals surface area contributed by atoms with E-state index in [9.17, 15) is 5.26 Å². The lowest BCUT2D eigenvalue weighted by Crippen LogP contribution is -2.32. The summed E-state index contributed by atoms with van der Waals surface area (Å²) in [5.41, 5.74) is 15.2. The Hall–Kier alpha value is -3.82. The smallest absolute Gasteiger partial charge is 0.211 e. The first kappa shape index (κ1) is 18.5. The molecule has 146 valence electrons. The van der Waals surface area contributed by atoms with E-state index in [4.69, 9.17) is 16.7 Å². The van der Waals surface area contributed by atoms with E-state index in [1.165, 1.54) is 18.4 Å². The van der Waals surface area contributed by atoms with Crippen LogP contribution in [0.4, 0.5) is 17.3 Å². The van der Waals surface area contributed by atoms with E-state index in [1.807, 2.05) is 24.4 Å². The summed E-state index contributed by atoms with van der Waals surface area (Å²) < 4.78 is 0. The Morgan fingerprint density at radius 3 is 2.76 bits per heavy atom. The number of nitriles is 2. The van der Waals surface area contributed by atoms with Gasteiger partial charge in [-0.25, -0.2) is 9.98 Å². The quantitative estimate of drug-likeness (QED) is 0.458. The van der Waals surface area contributed by atoms with E-state index in [0.717, 1.165) is 25.2 Å². The summed E-state index contributed by atoms with van der Waals surface area (Å²) in [5.74, 6) is 0.684. The van der Waals surface area contributed by atoms with Crippen LogP contribution < -0.4 is 22.1 Å². The molecule has 0 bridgehead atoms. The Balaban J connectivity index is 1.78. The van der Waals surface area contributed by atoms with Gasteiger partial charge in [0.05, 0.1) is 5.69 Å². The lowest BCUT2D eigenvalue weighted by Gasteiger charge is -2.26. The normalized spacial score (nSPS) is 18.1. The van der Waals surface area contributed by atoms with Crippen LogP contribution in [0.2, 0.25) is 0 Å². The van der Waals surface area contributed by atoms with E-state index in [-0.39, 0.29) is 23.0 Å². The van der Waals surface area contributed by atoms with Crippen molar-refractivity contribution in [2.24, 2.45) is 4.99 Å². The van der Waals surface area contributed by atoms with E-state index in [0.29, 0.717) is 11.4 Å². The number of benzene rings is 1. The summed E-state index contributed by atoms with van der Waals surface area (Å²) in [5, 5.41) is 23.9. The van der Waals surface area contributed by atoms with Crippen molar-refractivity contribution < 1.29 is 0 Å². The molecule has 0 amide bonds. The number of guanidine groups is 1. The number of nitrogens with zero attached hydrogens (tertiary/aromatic N) is 5. The van der Waals surface area contributed by atoms with E-state index in [2.05, 4.69) is 37.6 Å². The van der Waals surface area contributed by atoms with Crippen LogP contribution in [0.5, 0.6) is 0 Å². The minimum absolute atomic E-state index is 0.0380. The minimum Gasteiger partial charge on any atom is -0.397 e. The predicted octanol–water partition coefficient (Wildman–Crippen LogP) is 1.66. The van der Waals surface area contributed by atoms with Gasteiger partial charge in [0.25, 0.3) is 0 Å². The van der Waals surface area contributed by atoms with Crippen molar-refractivity contribution in [2.75, 3.05) is 29.9 Å². The molecular formula is C20H21N9. The molecule has 1 fully saturated rings. The van der Waals surface area contributed by atoms with Gasteiger partial charge in [0.15, 0.2) is 6.19 Å².